The average Bonchev–Trinajstić information content (AvgIpc) is 2.46. The van der Waals surface area contributed by atoms with Crippen LogP contribution in [-0.2, 0) is 10.8 Å². The first-order valence-corrected chi connectivity index (χ1v) is 9.16. The Labute approximate surface area is 155 Å². The number of ether oxygens (including phenoxy) is 1. The Morgan fingerprint density at radius 3 is 2.33 bits per heavy atom. The third kappa shape index (κ3) is 5.97. The highest BCUT2D eigenvalue weighted by atomic mass is 35.5. The van der Waals surface area contributed by atoms with Crippen LogP contribution in [0, 0.1) is 5.92 Å². The van der Waals surface area contributed by atoms with E-state index >= 15 is 0 Å². The van der Waals surface area contributed by atoms with Crippen LogP contribution in [-0.4, -0.2) is 19.7 Å². The normalized spacial score (nSPS) is 18.8. The van der Waals surface area contributed by atoms with Gasteiger partial charge in [0, 0.05) is 0 Å². The number of hydrogen-bond acceptors (Lipinski definition) is 2. The summed E-state index contributed by atoms with van der Waals surface area (Å²) in [6.45, 7) is 16.8. The summed E-state index contributed by atoms with van der Waals surface area (Å²) in [6, 6.07) is 6.75. The Balaban J connectivity index is 0.00000288. The van der Waals surface area contributed by atoms with E-state index in [2.05, 4.69) is 65.1 Å². The van der Waals surface area contributed by atoms with Gasteiger partial charge in [0.2, 0.25) is 0 Å². The Hall–Kier alpha value is -0.730. The number of piperidine rings is 1. The van der Waals surface area contributed by atoms with Crippen molar-refractivity contribution >= 4 is 12.4 Å². The fraction of sp³-hybridized carbons (Fsp3) is 0.714. The molecule has 1 aromatic rings. The van der Waals surface area contributed by atoms with Gasteiger partial charge in [-0.25, -0.2) is 0 Å². The van der Waals surface area contributed by atoms with E-state index in [1.807, 2.05) is 0 Å². The molecule has 1 N–H and O–H groups in total. The first kappa shape index (κ1) is 21.3. The highest BCUT2D eigenvalue weighted by Gasteiger charge is 2.23. The quantitative estimate of drug-likeness (QED) is 0.774. The van der Waals surface area contributed by atoms with Crippen molar-refractivity contribution in [3.63, 3.8) is 0 Å². The molecule has 0 spiro atoms. The molecule has 1 saturated heterocycles. The van der Waals surface area contributed by atoms with Crippen molar-refractivity contribution in [3.8, 4) is 5.75 Å². The molecule has 1 aliphatic rings. The lowest BCUT2D eigenvalue weighted by Gasteiger charge is -2.28. The summed E-state index contributed by atoms with van der Waals surface area (Å²) in [4.78, 5) is 0. The van der Waals surface area contributed by atoms with Crippen LogP contribution in [0.2, 0.25) is 0 Å². The van der Waals surface area contributed by atoms with Gasteiger partial charge in [-0.3, -0.25) is 0 Å². The van der Waals surface area contributed by atoms with Gasteiger partial charge in [0.05, 0.1) is 6.61 Å². The van der Waals surface area contributed by atoms with Crippen LogP contribution in [0.15, 0.2) is 18.2 Å². The molecule has 3 heteroatoms. The molecule has 1 unspecified atom stereocenters. The first-order chi connectivity index (χ1) is 10.7. The summed E-state index contributed by atoms with van der Waals surface area (Å²) in [5, 5.41) is 3.49. The Morgan fingerprint density at radius 1 is 1.08 bits per heavy atom. The second-order valence-corrected chi connectivity index (χ2v) is 9.06. The SMILES string of the molecule is CC(C)(C)c1ccc(OCCC2CCCNC2)c(C(C)(C)C)c1.Cl. The first-order valence-electron chi connectivity index (χ1n) is 9.16. The number of hydrogen-bond donors (Lipinski definition) is 1. The minimum atomic E-state index is 0. The number of rotatable bonds is 4. The van der Waals surface area contributed by atoms with Crippen LogP contribution in [0.25, 0.3) is 0 Å². The molecule has 0 amide bonds. The van der Waals surface area contributed by atoms with Gasteiger partial charge in [0.15, 0.2) is 0 Å². The van der Waals surface area contributed by atoms with Crippen molar-refractivity contribution in [2.45, 2.75) is 71.6 Å². The molecule has 0 bridgehead atoms. The molecule has 1 aliphatic heterocycles. The Bertz CT molecular complexity index is 508. The van der Waals surface area contributed by atoms with Crippen LogP contribution >= 0.6 is 12.4 Å². The summed E-state index contributed by atoms with van der Waals surface area (Å²) in [5.74, 6) is 1.84. The van der Waals surface area contributed by atoms with Crippen LogP contribution in [0.4, 0.5) is 0 Å². The van der Waals surface area contributed by atoms with Gasteiger partial charge in [0.25, 0.3) is 0 Å². The van der Waals surface area contributed by atoms with E-state index in [4.69, 9.17) is 4.74 Å². The summed E-state index contributed by atoms with van der Waals surface area (Å²) in [7, 11) is 0. The Kier molecular flexibility index (Phi) is 7.62. The van der Waals surface area contributed by atoms with Gasteiger partial charge < -0.3 is 10.1 Å². The van der Waals surface area contributed by atoms with Crippen molar-refractivity contribution in [2.24, 2.45) is 5.92 Å². The zero-order valence-electron chi connectivity index (χ0n) is 16.4. The zero-order chi connectivity index (χ0) is 17.1. The molecular formula is C21H36ClNO. The minimum absolute atomic E-state index is 0. The molecular weight excluding hydrogens is 318 g/mol. The van der Waals surface area contributed by atoms with E-state index in [-0.39, 0.29) is 23.2 Å². The lowest BCUT2D eigenvalue weighted by molar-refractivity contribution is 0.250. The van der Waals surface area contributed by atoms with Gasteiger partial charge in [-0.1, -0.05) is 53.7 Å². The summed E-state index contributed by atoms with van der Waals surface area (Å²) >= 11 is 0. The van der Waals surface area contributed by atoms with Crippen molar-refractivity contribution in [2.75, 3.05) is 19.7 Å². The van der Waals surface area contributed by atoms with Gasteiger partial charge in [-0.05, 0) is 66.3 Å². The van der Waals surface area contributed by atoms with Crippen LogP contribution in [0.1, 0.15) is 71.9 Å². The van der Waals surface area contributed by atoms with Gasteiger partial charge in [-0.2, -0.15) is 0 Å². The van der Waals surface area contributed by atoms with E-state index in [1.165, 1.54) is 30.5 Å². The molecule has 1 aromatic carbocycles. The minimum Gasteiger partial charge on any atom is -0.493 e. The summed E-state index contributed by atoms with van der Waals surface area (Å²) in [5.41, 5.74) is 2.98. The lowest BCUT2D eigenvalue weighted by atomic mass is 9.80. The lowest BCUT2D eigenvalue weighted by Crippen LogP contribution is -2.30. The maximum Gasteiger partial charge on any atom is 0.123 e. The fourth-order valence-corrected chi connectivity index (χ4v) is 3.21. The van der Waals surface area contributed by atoms with Crippen molar-refractivity contribution < 1.29 is 4.74 Å². The molecule has 0 radical (unpaired) electrons. The van der Waals surface area contributed by atoms with E-state index in [0.717, 1.165) is 31.2 Å². The predicted octanol–water partition coefficient (Wildman–Crippen LogP) is 5.47. The van der Waals surface area contributed by atoms with Gasteiger partial charge in [0.1, 0.15) is 5.75 Å². The second kappa shape index (κ2) is 8.58. The van der Waals surface area contributed by atoms with Crippen molar-refractivity contribution in [3.05, 3.63) is 29.3 Å². The fourth-order valence-electron chi connectivity index (χ4n) is 3.21. The molecule has 0 saturated carbocycles. The molecule has 0 aromatic heterocycles. The second-order valence-electron chi connectivity index (χ2n) is 9.06. The third-order valence-electron chi connectivity index (χ3n) is 4.84. The monoisotopic (exact) mass is 353 g/mol. The molecule has 1 heterocycles. The summed E-state index contributed by atoms with van der Waals surface area (Å²) in [6.07, 6.45) is 3.79. The zero-order valence-corrected chi connectivity index (χ0v) is 17.2. The van der Waals surface area contributed by atoms with E-state index < -0.39 is 0 Å². The smallest absolute Gasteiger partial charge is 0.123 e. The number of halogens is 1. The molecule has 0 aliphatic carbocycles. The van der Waals surface area contributed by atoms with E-state index in [1.54, 1.807) is 0 Å². The number of nitrogens with one attached hydrogen (secondary N) is 1. The predicted molar refractivity (Wildman–Crippen MR) is 107 cm³/mol. The van der Waals surface area contributed by atoms with E-state index in [9.17, 15) is 0 Å². The molecule has 24 heavy (non-hydrogen) atoms. The molecule has 1 fully saturated rings. The average molecular weight is 354 g/mol. The van der Waals surface area contributed by atoms with Gasteiger partial charge >= 0.3 is 0 Å². The van der Waals surface area contributed by atoms with Gasteiger partial charge in [-0.15, -0.1) is 12.4 Å². The molecule has 1 atom stereocenters. The highest BCUT2D eigenvalue weighted by Crippen LogP contribution is 2.35. The molecule has 2 rings (SSSR count). The maximum atomic E-state index is 6.21. The van der Waals surface area contributed by atoms with Crippen LogP contribution in [0.5, 0.6) is 5.75 Å². The van der Waals surface area contributed by atoms with E-state index in [0.29, 0.717) is 0 Å². The topological polar surface area (TPSA) is 21.3 Å². The van der Waals surface area contributed by atoms with Crippen LogP contribution in [0.3, 0.4) is 0 Å². The summed E-state index contributed by atoms with van der Waals surface area (Å²) < 4.78 is 6.21. The van der Waals surface area contributed by atoms with Crippen molar-refractivity contribution in [1.82, 2.24) is 5.32 Å². The number of benzene rings is 1. The Morgan fingerprint density at radius 2 is 1.79 bits per heavy atom. The highest BCUT2D eigenvalue weighted by molar-refractivity contribution is 5.85. The van der Waals surface area contributed by atoms with Crippen molar-refractivity contribution in [1.29, 1.82) is 0 Å². The van der Waals surface area contributed by atoms with Crippen LogP contribution < -0.4 is 10.1 Å². The maximum absolute atomic E-state index is 6.21. The molecule has 138 valence electrons. The molecule has 2 nitrogen and oxygen atoms in total. The standard InChI is InChI=1S/C21H35NO.ClH/c1-20(2,3)17-9-10-19(18(14-17)21(4,5)6)23-13-11-16-8-7-12-22-15-16;/h9-10,14,16,22H,7-8,11-13,15H2,1-6H3;1H. The third-order valence-corrected chi connectivity index (χ3v) is 4.84. The largest absolute Gasteiger partial charge is 0.493 e.